The van der Waals surface area contributed by atoms with Crippen molar-refractivity contribution in [2.24, 2.45) is 0 Å². The molecule has 124 valence electrons. The van der Waals surface area contributed by atoms with Crippen molar-refractivity contribution < 1.29 is 5.11 Å². The van der Waals surface area contributed by atoms with Gasteiger partial charge in [-0.1, -0.05) is 30.3 Å². The molecule has 1 aromatic heterocycles. The average molecular weight is 314 g/mol. The van der Waals surface area contributed by atoms with E-state index in [0.29, 0.717) is 6.54 Å². The van der Waals surface area contributed by atoms with Crippen LogP contribution in [-0.2, 0) is 13.1 Å². The van der Waals surface area contributed by atoms with Gasteiger partial charge in [-0.15, -0.1) is 0 Å². The fourth-order valence-corrected chi connectivity index (χ4v) is 3.13. The Labute approximate surface area is 138 Å². The first-order valence-electron chi connectivity index (χ1n) is 8.44. The van der Waals surface area contributed by atoms with Crippen LogP contribution in [0, 0.1) is 0 Å². The topological polar surface area (TPSA) is 44.5 Å². The molecule has 0 bridgehead atoms. The number of benzene rings is 1. The lowest BCUT2D eigenvalue weighted by Crippen LogP contribution is -2.47. The Hall–Kier alpha value is -1.69. The van der Waals surface area contributed by atoms with Crippen molar-refractivity contribution in [3.05, 3.63) is 54.1 Å². The predicted molar refractivity (Wildman–Crippen MR) is 91.0 cm³/mol. The summed E-state index contributed by atoms with van der Waals surface area (Å²) in [5.74, 6) is 1.14. The number of aliphatic hydroxyl groups is 1. The molecule has 5 nitrogen and oxygen atoms in total. The number of hydrogen-bond donors (Lipinski definition) is 1. The van der Waals surface area contributed by atoms with Gasteiger partial charge in [0.1, 0.15) is 5.82 Å². The first-order valence-corrected chi connectivity index (χ1v) is 8.44. The molecule has 0 aliphatic carbocycles. The monoisotopic (exact) mass is 314 g/mol. The Kier molecular flexibility index (Phi) is 5.43. The summed E-state index contributed by atoms with van der Waals surface area (Å²) in [6.45, 7) is 8.79. The van der Waals surface area contributed by atoms with Gasteiger partial charge in [-0.3, -0.25) is 9.80 Å². The molecule has 1 aliphatic heterocycles. The van der Waals surface area contributed by atoms with Crippen LogP contribution in [0.15, 0.2) is 42.7 Å². The third-order valence-electron chi connectivity index (χ3n) is 4.59. The van der Waals surface area contributed by atoms with E-state index in [2.05, 4.69) is 26.3 Å². The van der Waals surface area contributed by atoms with E-state index in [1.165, 1.54) is 0 Å². The molecule has 5 heteroatoms. The third-order valence-corrected chi connectivity index (χ3v) is 4.59. The largest absolute Gasteiger partial charge is 0.387 e. The van der Waals surface area contributed by atoms with E-state index in [-0.39, 0.29) is 0 Å². The molecule has 0 unspecified atom stereocenters. The molecule has 0 saturated carbocycles. The van der Waals surface area contributed by atoms with Gasteiger partial charge in [0.05, 0.1) is 12.6 Å². The number of aryl methyl sites for hydroxylation is 1. The summed E-state index contributed by atoms with van der Waals surface area (Å²) in [6, 6.07) is 9.92. The number of aliphatic hydroxyl groups excluding tert-OH is 1. The molecular weight excluding hydrogens is 288 g/mol. The second kappa shape index (κ2) is 7.73. The van der Waals surface area contributed by atoms with Gasteiger partial charge in [-0.25, -0.2) is 4.98 Å². The van der Waals surface area contributed by atoms with Crippen LogP contribution in [0.5, 0.6) is 0 Å². The maximum atomic E-state index is 10.3. The van der Waals surface area contributed by atoms with Crippen molar-refractivity contribution in [2.75, 3.05) is 32.7 Å². The lowest BCUT2D eigenvalue weighted by molar-refractivity contribution is 0.0689. The number of rotatable bonds is 6. The number of aromatic nitrogens is 2. The van der Waals surface area contributed by atoms with Crippen LogP contribution in [0.25, 0.3) is 0 Å². The summed E-state index contributed by atoms with van der Waals surface area (Å²) in [4.78, 5) is 9.25. The fourth-order valence-electron chi connectivity index (χ4n) is 3.13. The minimum Gasteiger partial charge on any atom is -0.387 e. The van der Waals surface area contributed by atoms with Gasteiger partial charge in [0.15, 0.2) is 0 Å². The van der Waals surface area contributed by atoms with E-state index in [1.807, 2.05) is 42.7 Å². The summed E-state index contributed by atoms with van der Waals surface area (Å²) in [5.41, 5.74) is 1.000. The number of hydrogen-bond acceptors (Lipinski definition) is 4. The van der Waals surface area contributed by atoms with Crippen LogP contribution in [0.2, 0.25) is 0 Å². The number of β-amino-alcohol motifs (C(OH)–C–C–N with tert-alkyl or cyclic N) is 1. The van der Waals surface area contributed by atoms with Crippen LogP contribution in [-0.4, -0.2) is 57.2 Å². The maximum Gasteiger partial charge on any atom is 0.122 e. The molecule has 1 fully saturated rings. The van der Waals surface area contributed by atoms with Crippen LogP contribution in [0.1, 0.15) is 24.4 Å². The molecule has 0 spiro atoms. The van der Waals surface area contributed by atoms with Crippen LogP contribution in [0.4, 0.5) is 0 Å². The van der Waals surface area contributed by atoms with Crippen LogP contribution < -0.4 is 0 Å². The minimum absolute atomic E-state index is 0.401. The second-order valence-electron chi connectivity index (χ2n) is 6.13. The van der Waals surface area contributed by atoms with E-state index in [9.17, 15) is 5.11 Å². The molecule has 3 rings (SSSR count). The molecule has 0 radical (unpaired) electrons. The summed E-state index contributed by atoms with van der Waals surface area (Å²) in [5, 5.41) is 10.3. The lowest BCUT2D eigenvalue weighted by atomic mass is 10.1. The Morgan fingerprint density at radius 3 is 2.48 bits per heavy atom. The molecule has 23 heavy (non-hydrogen) atoms. The first kappa shape index (κ1) is 16.2. The summed E-state index contributed by atoms with van der Waals surface area (Å²) < 4.78 is 2.20. The SMILES string of the molecule is CCn1ccnc1CN1CCN(C[C@@H](O)c2ccccc2)CC1. The number of imidazole rings is 1. The number of nitrogens with zero attached hydrogens (tertiary/aromatic N) is 4. The second-order valence-corrected chi connectivity index (χ2v) is 6.13. The third kappa shape index (κ3) is 4.19. The molecule has 2 aromatic rings. The fraction of sp³-hybridized carbons (Fsp3) is 0.500. The van der Waals surface area contributed by atoms with Gasteiger partial charge in [-0.05, 0) is 12.5 Å². The van der Waals surface area contributed by atoms with Gasteiger partial charge in [-0.2, -0.15) is 0 Å². The Morgan fingerprint density at radius 1 is 1.09 bits per heavy atom. The molecule has 1 atom stereocenters. The zero-order valence-electron chi connectivity index (χ0n) is 13.8. The Bertz CT molecular complexity index is 590. The van der Waals surface area contributed by atoms with Crippen molar-refractivity contribution in [2.45, 2.75) is 26.1 Å². The molecule has 1 aromatic carbocycles. The normalized spacial score (nSPS) is 18.2. The highest BCUT2D eigenvalue weighted by Gasteiger charge is 2.20. The highest BCUT2D eigenvalue weighted by molar-refractivity contribution is 5.17. The van der Waals surface area contributed by atoms with E-state index < -0.39 is 6.10 Å². The zero-order valence-corrected chi connectivity index (χ0v) is 13.8. The Morgan fingerprint density at radius 2 is 1.78 bits per heavy atom. The van der Waals surface area contributed by atoms with Gasteiger partial charge >= 0.3 is 0 Å². The molecule has 1 saturated heterocycles. The van der Waals surface area contributed by atoms with Gasteiger partial charge in [0.25, 0.3) is 0 Å². The predicted octanol–water partition coefficient (Wildman–Crippen LogP) is 1.75. The smallest absolute Gasteiger partial charge is 0.122 e. The van der Waals surface area contributed by atoms with E-state index >= 15 is 0 Å². The standard InChI is InChI=1S/C18H26N4O/c1-2-22-9-8-19-18(22)15-21-12-10-20(11-13-21)14-17(23)16-6-4-3-5-7-16/h3-9,17,23H,2,10-15H2,1H3/t17-/m1/s1. The molecular formula is C18H26N4O. The van der Waals surface area contributed by atoms with Gasteiger partial charge in [0.2, 0.25) is 0 Å². The average Bonchev–Trinajstić information content (AvgIpc) is 3.04. The van der Waals surface area contributed by atoms with E-state index in [0.717, 1.165) is 50.7 Å². The van der Waals surface area contributed by atoms with Gasteiger partial charge < -0.3 is 9.67 Å². The number of piperazine rings is 1. The zero-order chi connectivity index (χ0) is 16.1. The first-order chi connectivity index (χ1) is 11.3. The van der Waals surface area contributed by atoms with Crippen LogP contribution >= 0.6 is 0 Å². The quantitative estimate of drug-likeness (QED) is 0.882. The van der Waals surface area contributed by atoms with Crippen molar-refractivity contribution >= 4 is 0 Å². The molecule has 0 amide bonds. The summed E-state index contributed by atoms with van der Waals surface area (Å²) in [6.07, 6.45) is 3.52. The van der Waals surface area contributed by atoms with Crippen molar-refractivity contribution in [1.82, 2.24) is 19.4 Å². The van der Waals surface area contributed by atoms with Crippen LogP contribution in [0.3, 0.4) is 0 Å². The molecule has 1 N–H and O–H groups in total. The Balaban J connectivity index is 1.47. The van der Waals surface area contributed by atoms with E-state index in [4.69, 9.17) is 0 Å². The maximum absolute atomic E-state index is 10.3. The molecule has 2 heterocycles. The summed E-state index contributed by atoms with van der Waals surface area (Å²) in [7, 11) is 0. The van der Waals surface area contributed by atoms with Crippen molar-refractivity contribution in [3.63, 3.8) is 0 Å². The van der Waals surface area contributed by atoms with E-state index in [1.54, 1.807) is 0 Å². The molecule has 1 aliphatic rings. The minimum atomic E-state index is -0.401. The van der Waals surface area contributed by atoms with Crippen molar-refractivity contribution in [1.29, 1.82) is 0 Å². The van der Waals surface area contributed by atoms with Gasteiger partial charge in [0, 0.05) is 51.7 Å². The highest BCUT2D eigenvalue weighted by atomic mass is 16.3. The van der Waals surface area contributed by atoms with Crippen molar-refractivity contribution in [3.8, 4) is 0 Å². The highest BCUT2D eigenvalue weighted by Crippen LogP contribution is 2.15. The summed E-state index contributed by atoms with van der Waals surface area (Å²) >= 11 is 0. The lowest BCUT2D eigenvalue weighted by Gasteiger charge is -2.35.